The Morgan fingerprint density at radius 1 is 1.35 bits per heavy atom. The summed E-state index contributed by atoms with van der Waals surface area (Å²) in [6.07, 6.45) is 4.91. The molecular formula is C14H26N6. The van der Waals surface area contributed by atoms with Gasteiger partial charge in [0, 0.05) is 25.2 Å². The molecule has 1 aromatic rings. The molecule has 0 radical (unpaired) electrons. The van der Waals surface area contributed by atoms with Crippen molar-refractivity contribution in [1.82, 2.24) is 14.9 Å². The Morgan fingerprint density at radius 3 is 2.60 bits per heavy atom. The summed E-state index contributed by atoms with van der Waals surface area (Å²) < 4.78 is 0. The van der Waals surface area contributed by atoms with Gasteiger partial charge in [0.1, 0.15) is 18.0 Å². The third kappa shape index (κ3) is 3.37. The summed E-state index contributed by atoms with van der Waals surface area (Å²) in [5, 5.41) is 0. The van der Waals surface area contributed by atoms with Gasteiger partial charge in [-0.25, -0.2) is 15.8 Å². The van der Waals surface area contributed by atoms with Gasteiger partial charge in [-0.05, 0) is 39.3 Å². The molecule has 1 aromatic heterocycles. The van der Waals surface area contributed by atoms with E-state index in [-0.39, 0.29) is 0 Å². The van der Waals surface area contributed by atoms with Crippen LogP contribution < -0.4 is 16.2 Å². The van der Waals surface area contributed by atoms with Crippen molar-refractivity contribution in [2.75, 3.05) is 44.1 Å². The lowest BCUT2D eigenvalue weighted by molar-refractivity contribution is 0.284. The first-order chi connectivity index (χ1) is 9.65. The predicted molar refractivity (Wildman–Crippen MR) is 82.7 cm³/mol. The largest absolute Gasteiger partial charge is 0.356 e. The fraction of sp³-hybridized carbons (Fsp3) is 0.714. The third-order valence-corrected chi connectivity index (χ3v) is 3.95. The van der Waals surface area contributed by atoms with Crippen LogP contribution in [0.2, 0.25) is 0 Å². The molecule has 112 valence electrons. The van der Waals surface area contributed by atoms with Gasteiger partial charge in [-0.2, -0.15) is 0 Å². The SMILES string of the molecule is CCc1c(NN)ncnc1N1CCC(CN(C)C)CC1. The van der Waals surface area contributed by atoms with Crippen LogP contribution in [0.25, 0.3) is 0 Å². The monoisotopic (exact) mass is 278 g/mol. The number of anilines is 2. The smallest absolute Gasteiger partial charge is 0.148 e. The minimum Gasteiger partial charge on any atom is -0.356 e. The molecule has 1 fully saturated rings. The average Bonchev–Trinajstić information content (AvgIpc) is 2.46. The Bertz CT molecular complexity index is 426. The van der Waals surface area contributed by atoms with Crippen LogP contribution >= 0.6 is 0 Å². The lowest BCUT2D eigenvalue weighted by atomic mass is 9.96. The standard InChI is InChI=1S/C14H26N6/c1-4-12-13(18-15)16-10-17-14(12)20-7-5-11(6-8-20)9-19(2)3/h10-11H,4-9,15H2,1-3H3,(H,16,17,18). The highest BCUT2D eigenvalue weighted by Crippen LogP contribution is 2.27. The Labute approximate surface area is 121 Å². The Morgan fingerprint density at radius 2 is 2.05 bits per heavy atom. The zero-order chi connectivity index (χ0) is 14.5. The molecule has 20 heavy (non-hydrogen) atoms. The van der Waals surface area contributed by atoms with Crippen molar-refractivity contribution in [1.29, 1.82) is 0 Å². The zero-order valence-corrected chi connectivity index (χ0v) is 12.8. The second-order valence-corrected chi connectivity index (χ2v) is 5.71. The molecule has 0 spiro atoms. The second-order valence-electron chi connectivity index (χ2n) is 5.71. The molecule has 0 saturated carbocycles. The maximum atomic E-state index is 5.54. The number of rotatable bonds is 5. The number of aromatic nitrogens is 2. The van der Waals surface area contributed by atoms with Crippen LogP contribution in [0.5, 0.6) is 0 Å². The molecular weight excluding hydrogens is 252 g/mol. The molecule has 0 amide bonds. The fourth-order valence-electron chi connectivity index (χ4n) is 2.97. The summed E-state index contributed by atoms with van der Waals surface area (Å²) in [6, 6.07) is 0. The van der Waals surface area contributed by atoms with E-state index in [9.17, 15) is 0 Å². The molecule has 2 heterocycles. The molecule has 1 saturated heterocycles. The number of nitrogen functional groups attached to an aromatic ring is 1. The maximum absolute atomic E-state index is 5.54. The van der Waals surface area contributed by atoms with Crippen molar-refractivity contribution in [3.8, 4) is 0 Å². The van der Waals surface area contributed by atoms with Gasteiger partial charge in [0.2, 0.25) is 0 Å². The van der Waals surface area contributed by atoms with E-state index < -0.39 is 0 Å². The lowest BCUT2D eigenvalue weighted by Crippen LogP contribution is -2.38. The molecule has 6 heteroatoms. The number of nitrogens with one attached hydrogen (secondary N) is 1. The van der Waals surface area contributed by atoms with E-state index in [1.165, 1.54) is 19.4 Å². The van der Waals surface area contributed by atoms with Gasteiger partial charge < -0.3 is 15.2 Å². The predicted octanol–water partition coefficient (Wildman–Crippen LogP) is 1.10. The van der Waals surface area contributed by atoms with Gasteiger partial charge >= 0.3 is 0 Å². The number of nitrogens with two attached hydrogens (primary N) is 1. The third-order valence-electron chi connectivity index (χ3n) is 3.95. The molecule has 0 aliphatic carbocycles. The molecule has 0 aromatic carbocycles. The van der Waals surface area contributed by atoms with Crippen molar-refractivity contribution in [3.05, 3.63) is 11.9 Å². The Balaban J connectivity index is 2.07. The number of hydrazine groups is 1. The Hall–Kier alpha value is -1.40. The average molecular weight is 278 g/mol. The second kappa shape index (κ2) is 6.85. The molecule has 6 nitrogen and oxygen atoms in total. The Kier molecular flexibility index (Phi) is 5.14. The summed E-state index contributed by atoms with van der Waals surface area (Å²) in [4.78, 5) is 13.3. The van der Waals surface area contributed by atoms with E-state index in [0.717, 1.165) is 42.6 Å². The number of hydrogen-bond acceptors (Lipinski definition) is 6. The topological polar surface area (TPSA) is 70.3 Å². The first-order valence-corrected chi connectivity index (χ1v) is 7.35. The minimum atomic E-state index is 0.743. The van der Waals surface area contributed by atoms with Crippen molar-refractivity contribution >= 4 is 11.6 Å². The summed E-state index contributed by atoms with van der Waals surface area (Å²) in [5.74, 6) is 8.11. The molecule has 1 aliphatic rings. The first kappa shape index (κ1) is 15.0. The van der Waals surface area contributed by atoms with Crippen LogP contribution in [0.15, 0.2) is 6.33 Å². The first-order valence-electron chi connectivity index (χ1n) is 7.35. The highest BCUT2D eigenvalue weighted by molar-refractivity contribution is 5.58. The zero-order valence-electron chi connectivity index (χ0n) is 12.8. The molecule has 0 unspecified atom stereocenters. The van der Waals surface area contributed by atoms with Crippen LogP contribution in [-0.2, 0) is 6.42 Å². The van der Waals surface area contributed by atoms with Crippen LogP contribution in [0.1, 0.15) is 25.3 Å². The summed E-state index contributed by atoms with van der Waals surface area (Å²) in [6.45, 7) is 5.41. The number of hydrogen-bond donors (Lipinski definition) is 2. The van der Waals surface area contributed by atoms with Gasteiger partial charge in [0.25, 0.3) is 0 Å². The summed E-state index contributed by atoms with van der Waals surface area (Å²) in [7, 11) is 4.29. The molecule has 0 atom stereocenters. The quantitative estimate of drug-likeness (QED) is 0.621. The minimum absolute atomic E-state index is 0.743. The van der Waals surface area contributed by atoms with Gasteiger partial charge in [-0.1, -0.05) is 6.92 Å². The van der Waals surface area contributed by atoms with E-state index >= 15 is 0 Å². The number of nitrogens with zero attached hydrogens (tertiary/aromatic N) is 4. The maximum Gasteiger partial charge on any atom is 0.148 e. The number of piperidine rings is 1. The van der Waals surface area contributed by atoms with Crippen molar-refractivity contribution < 1.29 is 0 Å². The summed E-state index contributed by atoms with van der Waals surface area (Å²) >= 11 is 0. The lowest BCUT2D eigenvalue weighted by Gasteiger charge is -2.35. The van der Waals surface area contributed by atoms with Crippen LogP contribution in [0.3, 0.4) is 0 Å². The van der Waals surface area contributed by atoms with Gasteiger partial charge in [-0.3, -0.25) is 0 Å². The van der Waals surface area contributed by atoms with E-state index in [1.54, 1.807) is 6.33 Å². The highest BCUT2D eigenvalue weighted by atomic mass is 15.3. The van der Waals surface area contributed by atoms with Gasteiger partial charge in [-0.15, -0.1) is 0 Å². The molecule has 2 rings (SSSR count). The molecule has 1 aliphatic heterocycles. The van der Waals surface area contributed by atoms with E-state index in [2.05, 4.69) is 46.2 Å². The van der Waals surface area contributed by atoms with Crippen molar-refractivity contribution in [2.45, 2.75) is 26.2 Å². The summed E-state index contributed by atoms with van der Waals surface area (Å²) in [5.41, 5.74) is 3.79. The van der Waals surface area contributed by atoms with Gasteiger partial charge in [0.15, 0.2) is 0 Å². The van der Waals surface area contributed by atoms with Crippen LogP contribution in [-0.4, -0.2) is 48.6 Å². The fourth-order valence-corrected chi connectivity index (χ4v) is 2.97. The van der Waals surface area contributed by atoms with Gasteiger partial charge in [0.05, 0.1) is 0 Å². The normalized spacial score (nSPS) is 16.8. The molecule has 0 bridgehead atoms. The van der Waals surface area contributed by atoms with E-state index in [1.807, 2.05) is 0 Å². The van der Waals surface area contributed by atoms with E-state index in [0.29, 0.717) is 0 Å². The highest BCUT2D eigenvalue weighted by Gasteiger charge is 2.23. The van der Waals surface area contributed by atoms with E-state index in [4.69, 9.17) is 5.84 Å². The van der Waals surface area contributed by atoms with Crippen LogP contribution in [0.4, 0.5) is 11.6 Å². The van der Waals surface area contributed by atoms with Crippen LogP contribution in [0, 0.1) is 5.92 Å². The molecule has 3 N–H and O–H groups in total. The van der Waals surface area contributed by atoms with Crippen molar-refractivity contribution in [3.63, 3.8) is 0 Å². The van der Waals surface area contributed by atoms with Crippen molar-refractivity contribution in [2.24, 2.45) is 11.8 Å².